The Kier molecular flexibility index (Phi) is 6.86. The summed E-state index contributed by atoms with van der Waals surface area (Å²) in [5.41, 5.74) is 0.915. The minimum atomic E-state index is 0.622. The van der Waals surface area contributed by atoms with E-state index in [0.717, 1.165) is 50.1 Å². The summed E-state index contributed by atoms with van der Waals surface area (Å²) in [4.78, 5) is 6.92. The molecule has 0 bridgehead atoms. The van der Waals surface area contributed by atoms with Gasteiger partial charge in [-0.25, -0.2) is 4.98 Å². The molecule has 6 heteroatoms. The van der Waals surface area contributed by atoms with Crippen molar-refractivity contribution in [3.05, 3.63) is 18.3 Å². The lowest BCUT2D eigenvalue weighted by Crippen LogP contribution is -2.34. The number of piperidine rings is 1. The zero-order chi connectivity index (χ0) is 15.8. The van der Waals surface area contributed by atoms with Crippen molar-refractivity contribution >= 4 is 28.8 Å². The van der Waals surface area contributed by atoms with Gasteiger partial charge >= 0.3 is 0 Å². The molecule has 5 nitrogen and oxygen atoms in total. The van der Waals surface area contributed by atoms with E-state index in [0.29, 0.717) is 5.11 Å². The lowest BCUT2D eigenvalue weighted by Gasteiger charge is -2.31. The second-order valence-electron chi connectivity index (χ2n) is 5.83. The molecule has 1 aromatic heterocycles. The average molecular weight is 322 g/mol. The zero-order valence-electron chi connectivity index (χ0n) is 13.5. The fraction of sp³-hybridized carbons (Fsp3) is 0.625. The lowest BCUT2D eigenvalue weighted by atomic mass is 10.0. The summed E-state index contributed by atoms with van der Waals surface area (Å²) in [7, 11) is 1.70. The van der Waals surface area contributed by atoms with Crippen LogP contribution in [-0.2, 0) is 4.74 Å². The van der Waals surface area contributed by atoms with E-state index in [4.69, 9.17) is 17.0 Å². The highest BCUT2D eigenvalue weighted by molar-refractivity contribution is 7.80. The first-order valence-corrected chi connectivity index (χ1v) is 8.34. The molecule has 0 unspecified atom stereocenters. The van der Waals surface area contributed by atoms with Gasteiger partial charge in [0.1, 0.15) is 5.82 Å². The van der Waals surface area contributed by atoms with Crippen LogP contribution >= 0.6 is 12.2 Å². The Morgan fingerprint density at radius 3 is 3.05 bits per heavy atom. The van der Waals surface area contributed by atoms with Crippen LogP contribution in [0.4, 0.5) is 11.5 Å². The third-order valence-corrected chi connectivity index (χ3v) is 4.04. The first-order valence-electron chi connectivity index (χ1n) is 7.94. The minimum absolute atomic E-state index is 0.622. The third-order valence-electron chi connectivity index (χ3n) is 3.80. The summed E-state index contributed by atoms with van der Waals surface area (Å²) in [5, 5.41) is 6.93. The lowest BCUT2D eigenvalue weighted by molar-refractivity contribution is 0.196. The predicted octanol–water partition coefficient (Wildman–Crippen LogP) is 2.64. The van der Waals surface area contributed by atoms with E-state index in [2.05, 4.69) is 33.5 Å². The Morgan fingerprint density at radius 1 is 1.50 bits per heavy atom. The van der Waals surface area contributed by atoms with Gasteiger partial charge in [-0.3, -0.25) is 0 Å². The molecule has 0 radical (unpaired) electrons. The molecule has 1 atom stereocenters. The van der Waals surface area contributed by atoms with Crippen molar-refractivity contribution in [1.29, 1.82) is 0 Å². The summed E-state index contributed by atoms with van der Waals surface area (Å²) >= 11 is 5.26. The summed E-state index contributed by atoms with van der Waals surface area (Å²) in [6, 6.07) is 4.10. The van der Waals surface area contributed by atoms with E-state index in [1.807, 2.05) is 12.3 Å². The van der Waals surface area contributed by atoms with Crippen LogP contribution < -0.4 is 15.5 Å². The van der Waals surface area contributed by atoms with Gasteiger partial charge in [0.25, 0.3) is 0 Å². The van der Waals surface area contributed by atoms with E-state index in [9.17, 15) is 0 Å². The van der Waals surface area contributed by atoms with Gasteiger partial charge in [-0.2, -0.15) is 0 Å². The Balaban J connectivity index is 1.80. The van der Waals surface area contributed by atoms with Crippen LogP contribution in [0.1, 0.15) is 26.2 Å². The van der Waals surface area contributed by atoms with Gasteiger partial charge in [-0.1, -0.05) is 6.92 Å². The van der Waals surface area contributed by atoms with E-state index in [1.165, 1.54) is 12.8 Å². The smallest absolute Gasteiger partial charge is 0.170 e. The maximum Gasteiger partial charge on any atom is 0.170 e. The standard InChI is InChI=1S/C16H26N4OS/c1-13-5-3-9-20(12-13)15-7-6-14(11-18-15)19-16(22)17-8-4-10-21-2/h6-7,11,13H,3-5,8-10,12H2,1-2H3,(H2,17,19,22)/t13-/m1/s1. The highest BCUT2D eigenvalue weighted by atomic mass is 32.1. The molecule has 2 heterocycles. The number of anilines is 2. The summed E-state index contributed by atoms with van der Waals surface area (Å²) < 4.78 is 5.00. The van der Waals surface area contributed by atoms with Crippen LogP contribution in [0.5, 0.6) is 0 Å². The highest BCUT2D eigenvalue weighted by Crippen LogP contribution is 2.21. The van der Waals surface area contributed by atoms with E-state index >= 15 is 0 Å². The number of hydrogen-bond donors (Lipinski definition) is 2. The van der Waals surface area contributed by atoms with E-state index < -0.39 is 0 Å². The molecule has 2 N–H and O–H groups in total. The first kappa shape index (κ1) is 17.0. The number of ether oxygens (including phenoxy) is 1. The predicted molar refractivity (Wildman–Crippen MR) is 95.6 cm³/mol. The SMILES string of the molecule is COCCCNC(=S)Nc1ccc(N2CCC[C@@H](C)C2)nc1. The van der Waals surface area contributed by atoms with Gasteiger partial charge in [-0.05, 0) is 49.5 Å². The number of hydrogen-bond acceptors (Lipinski definition) is 4. The summed E-state index contributed by atoms with van der Waals surface area (Å²) in [5.74, 6) is 1.80. The number of methoxy groups -OCH3 is 1. The fourth-order valence-electron chi connectivity index (χ4n) is 2.64. The molecule has 0 aliphatic carbocycles. The molecule has 0 amide bonds. The Morgan fingerprint density at radius 2 is 2.36 bits per heavy atom. The number of rotatable bonds is 6. The van der Waals surface area contributed by atoms with Crippen molar-refractivity contribution in [2.45, 2.75) is 26.2 Å². The molecule has 1 aromatic rings. The maximum absolute atomic E-state index is 5.26. The molecule has 1 aliphatic heterocycles. The molecule has 22 heavy (non-hydrogen) atoms. The van der Waals surface area contributed by atoms with Gasteiger partial charge < -0.3 is 20.3 Å². The number of aromatic nitrogens is 1. The minimum Gasteiger partial charge on any atom is -0.385 e. The van der Waals surface area contributed by atoms with Crippen LogP contribution in [0, 0.1) is 5.92 Å². The summed E-state index contributed by atoms with van der Waals surface area (Å²) in [6.45, 7) is 6.04. The van der Waals surface area contributed by atoms with Gasteiger partial charge in [0.15, 0.2) is 5.11 Å². The number of thiocarbonyl (C=S) groups is 1. The molecule has 1 aliphatic rings. The molecule has 0 spiro atoms. The van der Waals surface area contributed by atoms with Gasteiger partial charge in [0.2, 0.25) is 0 Å². The molecule has 1 saturated heterocycles. The van der Waals surface area contributed by atoms with Crippen LogP contribution in [0.15, 0.2) is 18.3 Å². The zero-order valence-corrected chi connectivity index (χ0v) is 14.3. The van der Waals surface area contributed by atoms with Crippen LogP contribution in [-0.4, -0.2) is 43.4 Å². The monoisotopic (exact) mass is 322 g/mol. The highest BCUT2D eigenvalue weighted by Gasteiger charge is 2.17. The van der Waals surface area contributed by atoms with Crippen molar-refractivity contribution in [2.24, 2.45) is 5.92 Å². The van der Waals surface area contributed by atoms with Crippen molar-refractivity contribution in [2.75, 3.05) is 43.6 Å². The fourth-order valence-corrected chi connectivity index (χ4v) is 2.86. The second kappa shape index (κ2) is 8.90. The Bertz CT molecular complexity index is 466. The number of pyridine rings is 1. The van der Waals surface area contributed by atoms with Crippen molar-refractivity contribution in [3.8, 4) is 0 Å². The van der Waals surface area contributed by atoms with Crippen LogP contribution in [0.3, 0.4) is 0 Å². The molecule has 0 aromatic carbocycles. The quantitative estimate of drug-likeness (QED) is 0.620. The first-order chi connectivity index (χ1) is 10.7. The molecular weight excluding hydrogens is 296 g/mol. The van der Waals surface area contributed by atoms with E-state index in [-0.39, 0.29) is 0 Å². The molecule has 1 fully saturated rings. The van der Waals surface area contributed by atoms with Gasteiger partial charge in [0.05, 0.1) is 11.9 Å². The van der Waals surface area contributed by atoms with Crippen LogP contribution in [0.25, 0.3) is 0 Å². The topological polar surface area (TPSA) is 49.4 Å². The molecule has 122 valence electrons. The number of nitrogens with zero attached hydrogens (tertiary/aromatic N) is 2. The third kappa shape index (κ3) is 5.42. The largest absolute Gasteiger partial charge is 0.385 e. The number of nitrogens with one attached hydrogen (secondary N) is 2. The molecule has 0 saturated carbocycles. The van der Waals surface area contributed by atoms with E-state index in [1.54, 1.807) is 7.11 Å². The molecular formula is C16H26N4OS. The molecule has 2 rings (SSSR count). The normalized spacial score (nSPS) is 18.1. The second-order valence-corrected chi connectivity index (χ2v) is 6.23. The van der Waals surface area contributed by atoms with Crippen molar-refractivity contribution in [1.82, 2.24) is 10.3 Å². The van der Waals surface area contributed by atoms with Gasteiger partial charge in [0, 0.05) is 33.4 Å². The van der Waals surface area contributed by atoms with Crippen molar-refractivity contribution in [3.63, 3.8) is 0 Å². The van der Waals surface area contributed by atoms with Crippen LogP contribution in [0.2, 0.25) is 0 Å². The average Bonchev–Trinajstić information content (AvgIpc) is 2.52. The van der Waals surface area contributed by atoms with Crippen molar-refractivity contribution < 1.29 is 4.74 Å². The Hall–Kier alpha value is -1.40. The maximum atomic E-state index is 5.26. The Labute approximate surface area is 138 Å². The summed E-state index contributed by atoms with van der Waals surface area (Å²) in [6.07, 6.45) is 5.35. The van der Waals surface area contributed by atoms with Gasteiger partial charge in [-0.15, -0.1) is 0 Å².